The number of anilines is 1. The molecule has 1 aliphatic rings. The predicted octanol–water partition coefficient (Wildman–Crippen LogP) is 1.61. The van der Waals surface area contributed by atoms with E-state index in [0.717, 1.165) is 6.54 Å². The summed E-state index contributed by atoms with van der Waals surface area (Å²) in [5, 5.41) is 20.5. The molecule has 3 rings (SSSR count). The van der Waals surface area contributed by atoms with E-state index < -0.39 is 17.4 Å². The van der Waals surface area contributed by atoms with Gasteiger partial charge in [0.05, 0.1) is 16.3 Å². The highest BCUT2D eigenvalue weighted by atomic mass is 35.5. The number of aliphatic hydroxyl groups is 1. The zero-order chi connectivity index (χ0) is 20.5. The number of aryl methyl sites for hydroxylation is 1. The summed E-state index contributed by atoms with van der Waals surface area (Å²) in [6.07, 6.45) is 0.539. The molecule has 1 aromatic carbocycles. The third kappa shape index (κ3) is 4.64. The Balaban J connectivity index is 1.63. The van der Waals surface area contributed by atoms with Gasteiger partial charge in [-0.25, -0.2) is 4.68 Å². The van der Waals surface area contributed by atoms with Crippen LogP contribution in [-0.4, -0.2) is 63.9 Å². The molecule has 150 valence electrons. The molecule has 1 aliphatic heterocycles. The average Bonchev–Trinajstić information content (AvgIpc) is 3.15. The van der Waals surface area contributed by atoms with Gasteiger partial charge in [-0.15, -0.1) is 5.10 Å². The predicted molar refractivity (Wildman–Crippen MR) is 107 cm³/mol. The van der Waals surface area contributed by atoms with E-state index in [4.69, 9.17) is 23.2 Å². The largest absolute Gasteiger partial charge is 0.387 e. The van der Waals surface area contributed by atoms with E-state index in [2.05, 4.69) is 15.7 Å². The Morgan fingerprint density at radius 1 is 1.29 bits per heavy atom. The Morgan fingerprint density at radius 2 is 2.04 bits per heavy atom. The van der Waals surface area contributed by atoms with Gasteiger partial charge >= 0.3 is 11.8 Å². The molecule has 1 aromatic heterocycles. The summed E-state index contributed by atoms with van der Waals surface area (Å²) < 4.78 is 1.54. The number of halogens is 2. The van der Waals surface area contributed by atoms with E-state index in [1.807, 2.05) is 11.9 Å². The van der Waals surface area contributed by atoms with Crippen molar-refractivity contribution >= 4 is 40.8 Å². The van der Waals surface area contributed by atoms with Crippen LogP contribution in [0.15, 0.2) is 24.3 Å². The first kappa shape index (κ1) is 20.6. The van der Waals surface area contributed by atoms with Gasteiger partial charge in [-0.2, -0.15) is 0 Å². The molecule has 10 heteroatoms. The van der Waals surface area contributed by atoms with E-state index in [-0.39, 0.29) is 12.4 Å². The highest BCUT2D eigenvalue weighted by Gasteiger charge is 2.35. The summed E-state index contributed by atoms with van der Waals surface area (Å²) in [5.41, 5.74) is 0.290. The van der Waals surface area contributed by atoms with Gasteiger partial charge in [-0.05, 0) is 38.6 Å². The van der Waals surface area contributed by atoms with E-state index in [1.165, 1.54) is 0 Å². The minimum atomic E-state index is -1.02. The summed E-state index contributed by atoms with van der Waals surface area (Å²) >= 11 is 12.1. The monoisotopic (exact) mass is 425 g/mol. The Kier molecular flexibility index (Phi) is 5.95. The fourth-order valence-corrected chi connectivity index (χ4v) is 3.62. The molecule has 2 heterocycles. The Labute approximate surface area is 172 Å². The van der Waals surface area contributed by atoms with Gasteiger partial charge in [0.2, 0.25) is 0 Å². The van der Waals surface area contributed by atoms with Crippen LogP contribution in [0.5, 0.6) is 0 Å². The number of β-amino-alcohol motifs (C(OH)–C–C–N with tert-alkyl or cyclic N) is 1. The van der Waals surface area contributed by atoms with E-state index in [1.54, 1.807) is 35.9 Å². The number of likely N-dealkylation sites (tertiary alicyclic amines) is 1. The number of nitrogens with one attached hydrogen (secondary N) is 2. The fourth-order valence-electron chi connectivity index (χ4n) is 3.13. The second kappa shape index (κ2) is 8.08. The number of likely N-dealkylation sites (N-methyl/N-ethyl adjacent to an activating group) is 1. The summed E-state index contributed by atoms with van der Waals surface area (Å²) in [5.74, 6) is -1.48. The van der Waals surface area contributed by atoms with Crippen LogP contribution < -0.4 is 10.6 Å². The van der Waals surface area contributed by atoms with Crippen molar-refractivity contribution in [3.63, 3.8) is 0 Å². The molecule has 0 radical (unpaired) electrons. The van der Waals surface area contributed by atoms with Crippen LogP contribution >= 0.6 is 23.2 Å². The second-order valence-corrected chi connectivity index (χ2v) is 7.87. The number of carbonyl (C=O) groups excluding carboxylic acids is 2. The lowest BCUT2D eigenvalue weighted by atomic mass is 10.0. The molecule has 2 aromatic rings. The maximum atomic E-state index is 12.1. The molecule has 0 spiro atoms. The highest BCUT2D eigenvalue weighted by Crippen LogP contribution is 2.26. The minimum Gasteiger partial charge on any atom is -0.387 e. The van der Waals surface area contributed by atoms with Crippen LogP contribution in [0.25, 0.3) is 5.69 Å². The number of nitrogens with zero attached hydrogens (tertiary/aromatic N) is 3. The molecule has 28 heavy (non-hydrogen) atoms. The molecule has 1 atom stereocenters. The number of hydrogen-bond acceptors (Lipinski definition) is 5. The van der Waals surface area contributed by atoms with Crippen LogP contribution in [0.1, 0.15) is 12.1 Å². The minimum absolute atomic E-state index is 0.0114. The summed E-state index contributed by atoms with van der Waals surface area (Å²) in [7, 11) is 1.89. The molecular formula is C18H21Cl2N5O3. The summed E-state index contributed by atoms with van der Waals surface area (Å²) in [4.78, 5) is 26.2. The number of aromatic nitrogens is 2. The Hall–Kier alpha value is -2.13. The van der Waals surface area contributed by atoms with E-state index >= 15 is 0 Å². The van der Waals surface area contributed by atoms with E-state index in [0.29, 0.717) is 34.4 Å². The molecular weight excluding hydrogens is 405 g/mol. The van der Waals surface area contributed by atoms with Gasteiger partial charge in [0.25, 0.3) is 0 Å². The lowest BCUT2D eigenvalue weighted by Gasteiger charge is -2.22. The molecule has 1 saturated heterocycles. The quantitative estimate of drug-likeness (QED) is 0.646. The molecule has 0 aliphatic carbocycles. The maximum absolute atomic E-state index is 12.1. The number of rotatable bonds is 4. The van der Waals surface area contributed by atoms with E-state index in [9.17, 15) is 14.7 Å². The molecule has 1 fully saturated rings. The standard InChI is InChI=1S/C18H21Cl2N5O3/c1-11-7-15(23-25(11)14-4-3-12(19)8-13(14)20)22-17(27)16(26)21-9-18(28)5-6-24(2)10-18/h3-4,7-8,28H,5-6,9-10H2,1-2H3,(H,21,26)(H,22,23,27). The number of benzene rings is 1. The number of carbonyl (C=O) groups is 2. The normalized spacial score (nSPS) is 19.6. The van der Waals surface area contributed by atoms with Crippen molar-refractivity contribution < 1.29 is 14.7 Å². The number of amides is 2. The fraction of sp³-hybridized carbons (Fsp3) is 0.389. The SMILES string of the molecule is Cc1cc(NC(=O)C(=O)NCC2(O)CCN(C)C2)nn1-c1ccc(Cl)cc1Cl. The topological polar surface area (TPSA) is 99.5 Å². The van der Waals surface area contributed by atoms with Gasteiger partial charge in [0.1, 0.15) is 0 Å². The molecule has 0 saturated carbocycles. The molecule has 0 bridgehead atoms. The summed E-state index contributed by atoms with van der Waals surface area (Å²) in [6.45, 7) is 2.99. The van der Waals surface area contributed by atoms with Gasteiger partial charge in [0, 0.05) is 36.4 Å². The third-order valence-corrected chi connectivity index (χ3v) is 5.11. The average molecular weight is 426 g/mol. The van der Waals surface area contributed by atoms with Gasteiger partial charge in [0.15, 0.2) is 5.82 Å². The van der Waals surface area contributed by atoms with Crippen LogP contribution in [0, 0.1) is 6.92 Å². The first-order valence-electron chi connectivity index (χ1n) is 8.69. The molecule has 8 nitrogen and oxygen atoms in total. The first-order valence-corrected chi connectivity index (χ1v) is 9.45. The van der Waals surface area contributed by atoms with Crippen molar-refractivity contribution in [1.29, 1.82) is 0 Å². The molecule has 3 N–H and O–H groups in total. The van der Waals surface area contributed by atoms with Gasteiger partial charge < -0.3 is 20.6 Å². The molecule has 2 amide bonds. The zero-order valence-electron chi connectivity index (χ0n) is 15.5. The van der Waals surface area contributed by atoms with Crippen molar-refractivity contribution in [3.05, 3.63) is 40.0 Å². The van der Waals surface area contributed by atoms with Crippen molar-refractivity contribution in [2.45, 2.75) is 18.9 Å². The highest BCUT2D eigenvalue weighted by molar-refractivity contribution is 6.39. The van der Waals surface area contributed by atoms with Gasteiger partial charge in [-0.1, -0.05) is 23.2 Å². The maximum Gasteiger partial charge on any atom is 0.314 e. The number of hydrogen-bond donors (Lipinski definition) is 3. The first-order chi connectivity index (χ1) is 13.2. The second-order valence-electron chi connectivity index (χ2n) is 7.03. The van der Waals surface area contributed by atoms with Crippen molar-refractivity contribution in [1.82, 2.24) is 20.0 Å². The van der Waals surface area contributed by atoms with Crippen LogP contribution in [0.2, 0.25) is 10.0 Å². The third-order valence-electron chi connectivity index (χ3n) is 4.57. The Bertz CT molecular complexity index is 917. The Morgan fingerprint density at radius 3 is 2.68 bits per heavy atom. The van der Waals surface area contributed by atoms with Crippen LogP contribution in [-0.2, 0) is 9.59 Å². The van der Waals surface area contributed by atoms with Crippen molar-refractivity contribution in [2.24, 2.45) is 0 Å². The van der Waals surface area contributed by atoms with Gasteiger partial charge in [-0.3, -0.25) is 9.59 Å². The molecule has 1 unspecified atom stereocenters. The smallest absolute Gasteiger partial charge is 0.314 e. The lowest BCUT2D eigenvalue weighted by Crippen LogP contribution is -2.47. The van der Waals surface area contributed by atoms with Crippen LogP contribution in [0.4, 0.5) is 5.82 Å². The summed E-state index contributed by atoms with van der Waals surface area (Å²) in [6, 6.07) is 6.61. The van der Waals surface area contributed by atoms with Crippen molar-refractivity contribution in [3.8, 4) is 5.69 Å². The van der Waals surface area contributed by atoms with Crippen LogP contribution in [0.3, 0.4) is 0 Å². The zero-order valence-corrected chi connectivity index (χ0v) is 17.0. The lowest BCUT2D eigenvalue weighted by molar-refractivity contribution is -0.136. The van der Waals surface area contributed by atoms with Crippen molar-refractivity contribution in [2.75, 3.05) is 32.0 Å².